The molecule has 1 aromatic heterocycles. The Balaban J connectivity index is 1.63. The molecule has 0 aliphatic carbocycles. The molecule has 0 saturated carbocycles. The van der Waals surface area contributed by atoms with Crippen molar-refractivity contribution in [3.8, 4) is 0 Å². The predicted molar refractivity (Wildman–Crippen MR) is 79.7 cm³/mol. The lowest BCUT2D eigenvalue weighted by Gasteiger charge is -2.22. The van der Waals surface area contributed by atoms with Crippen molar-refractivity contribution in [3.63, 3.8) is 0 Å². The van der Waals surface area contributed by atoms with Crippen LogP contribution < -0.4 is 0 Å². The van der Waals surface area contributed by atoms with E-state index < -0.39 is 0 Å². The summed E-state index contributed by atoms with van der Waals surface area (Å²) in [7, 11) is 0. The number of hydrogen-bond donors (Lipinski definition) is 0. The number of carbonyl (C=O) groups is 1. The number of aryl methyl sites for hydroxylation is 2. The van der Waals surface area contributed by atoms with Crippen LogP contribution in [0, 0.1) is 6.92 Å². The summed E-state index contributed by atoms with van der Waals surface area (Å²) in [5, 5.41) is 3.94. The number of nitrogens with zero attached hydrogens (tertiary/aromatic N) is 2. The van der Waals surface area contributed by atoms with E-state index in [2.05, 4.69) is 17.3 Å². The molecule has 0 spiro atoms. The molecule has 0 bridgehead atoms. The Kier molecular flexibility index (Phi) is 4.04. The van der Waals surface area contributed by atoms with Crippen LogP contribution in [0.3, 0.4) is 0 Å². The van der Waals surface area contributed by atoms with Gasteiger partial charge in [0.1, 0.15) is 0 Å². The second-order valence-electron chi connectivity index (χ2n) is 5.60. The number of hydrogen-bond acceptors (Lipinski definition) is 3. The lowest BCUT2D eigenvalue weighted by atomic mass is 10.1. The fourth-order valence-corrected chi connectivity index (χ4v) is 2.94. The van der Waals surface area contributed by atoms with Gasteiger partial charge in [-0.25, -0.2) is 0 Å². The second kappa shape index (κ2) is 6.12. The van der Waals surface area contributed by atoms with Gasteiger partial charge in [0.25, 0.3) is 0 Å². The zero-order valence-electron chi connectivity index (χ0n) is 12.3. The van der Waals surface area contributed by atoms with Crippen LogP contribution in [0.4, 0.5) is 0 Å². The van der Waals surface area contributed by atoms with Gasteiger partial charge in [0.2, 0.25) is 5.91 Å². The molecule has 1 saturated heterocycles. The molecular weight excluding hydrogens is 264 g/mol. The van der Waals surface area contributed by atoms with Crippen LogP contribution in [-0.2, 0) is 11.2 Å². The molecule has 1 fully saturated rings. The predicted octanol–water partition coefficient (Wildman–Crippen LogP) is 3.28. The lowest BCUT2D eigenvalue weighted by Crippen LogP contribution is -2.30. The van der Waals surface area contributed by atoms with Crippen LogP contribution in [0.5, 0.6) is 0 Å². The Morgan fingerprint density at radius 1 is 1.38 bits per heavy atom. The standard InChI is InChI=1S/C17H20N2O2/c1-13-12-16(21-18-13)15-8-5-11-19(15)17(20)10-9-14-6-3-2-4-7-14/h2-4,6-7,12,15H,5,8-11H2,1H3/t15-/m0/s1. The summed E-state index contributed by atoms with van der Waals surface area (Å²) in [4.78, 5) is 14.4. The summed E-state index contributed by atoms with van der Waals surface area (Å²) < 4.78 is 5.35. The van der Waals surface area contributed by atoms with Crippen LogP contribution in [0.15, 0.2) is 40.9 Å². The zero-order chi connectivity index (χ0) is 14.7. The van der Waals surface area contributed by atoms with Crippen molar-refractivity contribution in [2.45, 2.75) is 38.6 Å². The Morgan fingerprint density at radius 3 is 2.90 bits per heavy atom. The van der Waals surface area contributed by atoms with Gasteiger partial charge in [-0.15, -0.1) is 0 Å². The normalized spacial score (nSPS) is 18.1. The molecule has 2 heterocycles. The largest absolute Gasteiger partial charge is 0.359 e. The van der Waals surface area contributed by atoms with Crippen molar-refractivity contribution in [2.24, 2.45) is 0 Å². The summed E-state index contributed by atoms with van der Waals surface area (Å²) in [6.45, 7) is 2.72. The third-order valence-electron chi connectivity index (χ3n) is 4.02. The van der Waals surface area contributed by atoms with E-state index >= 15 is 0 Å². The van der Waals surface area contributed by atoms with Crippen molar-refractivity contribution in [1.82, 2.24) is 10.1 Å². The van der Waals surface area contributed by atoms with E-state index in [4.69, 9.17) is 4.52 Å². The average Bonchev–Trinajstić information content (AvgIpc) is 3.14. The minimum Gasteiger partial charge on any atom is -0.359 e. The Bertz CT molecular complexity index is 606. The molecule has 110 valence electrons. The van der Waals surface area contributed by atoms with Gasteiger partial charge in [0.05, 0.1) is 11.7 Å². The van der Waals surface area contributed by atoms with Crippen molar-refractivity contribution >= 4 is 5.91 Å². The molecule has 1 aromatic carbocycles. The van der Waals surface area contributed by atoms with Gasteiger partial charge in [-0.3, -0.25) is 4.79 Å². The monoisotopic (exact) mass is 284 g/mol. The van der Waals surface area contributed by atoms with E-state index in [9.17, 15) is 4.79 Å². The molecule has 21 heavy (non-hydrogen) atoms. The maximum absolute atomic E-state index is 12.5. The molecule has 0 N–H and O–H groups in total. The highest BCUT2D eigenvalue weighted by Gasteiger charge is 2.32. The molecule has 1 aliphatic rings. The number of likely N-dealkylation sites (tertiary alicyclic amines) is 1. The molecule has 4 nitrogen and oxygen atoms in total. The van der Waals surface area contributed by atoms with Crippen LogP contribution >= 0.6 is 0 Å². The number of rotatable bonds is 4. The maximum Gasteiger partial charge on any atom is 0.223 e. The topological polar surface area (TPSA) is 46.3 Å². The van der Waals surface area contributed by atoms with E-state index in [-0.39, 0.29) is 11.9 Å². The Hall–Kier alpha value is -2.10. The second-order valence-corrected chi connectivity index (χ2v) is 5.60. The molecular formula is C17H20N2O2. The van der Waals surface area contributed by atoms with E-state index in [1.165, 1.54) is 5.56 Å². The van der Waals surface area contributed by atoms with Crippen LogP contribution in [-0.4, -0.2) is 22.5 Å². The maximum atomic E-state index is 12.5. The van der Waals surface area contributed by atoms with Gasteiger partial charge in [0, 0.05) is 19.0 Å². The Labute approximate surface area is 124 Å². The summed E-state index contributed by atoms with van der Waals surface area (Å²) >= 11 is 0. The summed E-state index contributed by atoms with van der Waals surface area (Å²) in [6.07, 6.45) is 3.33. The molecule has 0 radical (unpaired) electrons. The summed E-state index contributed by atoms with van der Waals surface area (Å²) in [5.74, 6) is 1.02. The van der Waals surface area contributed by atoms with E-state index in [0.717, 1.165) is 37.3 Å². The van der Waals surface area contributed by atoms with E-state index in [1.54, 1.807) is 0 Å². The molecule has 1 atom stereocenters. The highest BCUT2D eigenvalue weighted by Crippen LogP contribution is 2.32. The minimum atomic E-state index is 0.0643. The first-order chi connectivity index (χ1) is 10.2. The van der Waals surface area contributed by atoms with E-state index in [1.807, 2.05) is 36.1 Å². The first kappa shape index (κ1) is 13.9. The van der Waals surface area contributed by atoms with Gasteiger partial charge >= 0.3 is 0 Å². The number of aromatic nitrogens is 1. The van der Waals surface area contributed by atoms with Gasteiger partial charge in [-0.1, -0.05) is 35.5 Å². The Morgan fingerprint density at radius 2 is 2.19 bits per heavy atom. The zero-order valence-corrected chi connectivity index (χ0v) is 12.3. The molecule has 3 rings (SSSR count). The first-order valence-corrected chi connectivity index (χ1v) is 7.50. The van der Waals surface area contributed by atoms with Crippen LogP contribution in [0.2, 0.25) is 0 Å². The van der Waals surface area contributed by atoms with Crippen molar-refractivity contribution < 1.29 is 9.32 Å². The fourth-order valence-electron chi connectivity index (χ4n) is 2.94. The molecule has 0 unspecified atom stereocenters. The van der Waals surface area contributed by atoms with Crippen molar-refractivity contribution in [2.75, 3.05) is 6.54 Å². The summed E-state index contributed by atoms with van der Waals surface area (Å²) in [5.41, 5.74) is 2.07. The lowest BCUT2D eigenvalue weighted by molar-refractivity contribution is -0.132. The first-order valence-electron chi connectivity index (χ1n) is 7.50. The average molecular weight is 284 g/mol. The number of carbonyl (C=O) groups excluding carboxylic acids is 1. The molecule has 2 aromatic rings. The fraction of sp³-hybridized carbons (Fsp3) is 0.412. The summed E-state index contributed by atoms with van der Waals surface area (Å²) in [6, 6.07) is 12.1. The van der Waals surface area contributed by atoms with Crippen LogP contribution in [0.25, 0.3) is 0 Å². The molecule has 4 heteroatoms. The van der Waals surface area contributed by atoms with E-state index in [0.29, 0.717) is 6.42 Å². The van der Waals surface area contributed by atoms with Gasteiger partial charge < -0.3 is 9.42 Å². The quantitative estimate of drug-likeness (QED) is 0.865. The minimum absolute atomic E-state index is 0.0643. The van der Waals surface area contributed by atoms with Gasteiger partial charge in [-0.05, 0) is 31.7 Å². The third kappa shape index (κ3) is 3.15. The molecule has 1 aliphatic heterocycles. The number of benzene rings is 1. The van der Waals surface area contributed by atoms with Crippen molar-refractivity contribution in [1.29, 1.82) is 0 Å². The number of amides is 1. The molecule has 1 amide bonds. The third-order valence-corrected chi connectivity index (χ3v) is 4.02. The SMILES string of the molecule is Cc1cc([C@@H]2CCCN2C(=O)CCc2ccccc2)on1. The van der Waals surface area contributed by atoms with Crippen LogP contribution in [0.1, 0.15) is 42.3 Å². The van der Waals surface area contributed by atoms with Crippen molar-refractivity contribution in [3.05, 3.63) is 53.4 Å². The van der Waals surface area contributed by atoms with Gasteiger partial charge in [-0.2, -0.15) is 0 Å². The highest BCUT2D eigenvalue weighted by molar-refractivity contribution is 5.77. The van der Waals surface area contributed by atoms with Gasteiger partial charge in [0.15, 0.2) is 5.76 Å². The highest BCUT2D eigenvalue weighted by atomic mass is 16.5. The smallest absolute Gasteiger partial charge is 0.223 e.